The van der Waals surface area contributed by atoms with E-state index in [0.29, 0.717) is 13.0 Å². The molecule has 1 aromatic carbocycles. The summed E-state index contributed by atoms with van der Waals surface area (Å²) in [6, 6.07) is 6.04. The number of halogens is 1. The third-order valence-electron chi connectivity index (χ3n) is 2.92. The normalized spacial score (nSPS) is 18.5. The Morgan fingerprint density at radius 2 is 2.05 bits per heavy atom. The van der Waals surface area contributed by atoms with Crippen molar-refractivity contribution in [3.05, 3.63) is 29.3 Å². The number of rotatable bonds is 3. The van der Waals surface area contributed by atoms with Crippen molar-refractivity contribution in [3.8, 4) is 0 Å². The van der Waals surface area contributed by atoms with Crippen molar-refractivity contribution in [2.24, 2.45) is 0 Å². The number of carbonyl (C=O) groups is 1. The summed E-state index contributed by atoms with van der Waals surface area (Å²) in [5, 5.41) is 6.14. The van der Waals surface area contributed by atoms with E-state index in [2.05, 4.69) is 16.7 Å². The van der Waals surface area contributed by atoms with Crippen molar-refractivity contribution in [2.45, 2.75) is 26.4 Å². The number of nitrogens with one attached hydrogen (secondary N) is 2. The maximum absolute atomic E-state index is 11.9. The van der Waals surface area contributed by atoms with Gasteiger partial charge in [-0.15, -0.1) is 12.4 Å². The summed E-state index contributed by atoms with van der Waals surface area (Å²) in [4.78, 5) is 11.9. The van der Waals surface area contributed by atoms with E-state index in [4.69, 9.17) is 4.74 Å². The Morgan fingerprint density at radius 1 is 1.37 bits per heavy atom. The van der Waals surface area contributed by atoms with Gasteiger partial charge in [-0.3, -0.25) is 4.79 Å². The van der Waals surface area contributed by atoms with Gasteiger partial charge in [0.15, 0.2) is 0 Å². The summed E-state index contributed by atoms with van der Waals surface area (Å²) in [6.07, 6.45) is 0.393. The van der Waals surface area contributed by atoms with E-state index < -0.39 is 0 Å². The van der Waals surface area contributed by atoms with Gasteiger partial charge < -0.3 is 15.4 Å². The molecule has 1 saturated heterocycles. The maximum Gasteiger partial charge on any atom is 0.227 e. The van der Waals surface area contributed by atoms with Gasteiger partial charge in [0.1, 0.15) is 0 Å². The molecule has 0 bridgehead atoms. The number of hydrogen-bond acceptors (Lipinski definition) is 3. The zero-order valence-electron chi connectivity index (χ0n) is 11.4. The lowest BCUT2D eigenvalue weighted by atomic mass is 10.1. The Morgan fingerprint density at radius 3 is 2.63 bits per heavy atom. The van der Waals surface area contributed by atoms with Crippen LogP contribution in [0.15, 0.2) is 18.2 Å². The van der Waals surface area contributed by atoms with Crippen molar-refractivity contribution in [3.63, 3.8) is 0 Å². The first-order valence-corrected chi connectivity index (χ1v) is 6.34. The van der Waals surface area contributed by atoms with E-state index in [9.17, 15) is 4.79 Å². The highest BCUT2D eigenvalue weighted by Crippen LogP contribution is 2.14. The largest absolute Gasteiger partial charge is 0.375 e. The van der Waals surface area contributed by atoms with Gasteiger partial charge in [0.25, 0.3) is 0 Å². The Hall–Kier alpha value is -1.10. The molecule has 0 radical (unpaired) electrons. The molecule has 4 nitrogen and oxygen atoms in total. The fraction of sp³-hybridized carbons (Fsp3) is 0.500. The van der Waals surface area contributed by atoms with Gasteiger partial charge in [-0.2, -0.15) is 0 Å². The van der Waals surface area contributed by atoms with Gasteiger partial charge in [-0.1, -0.05) is 6.07 Å². The number of benzene rings is 1. The fourth-order valence-electron chi connectivity index (χ4n) is 2.22. The first-order valence-electron chi connectivity index (χ1n) is 6.34. The lowest BCUT2D eigenvalue weighted by Gasteiger charge is -2.23. The number of morpholine rings is 1. The second-order valence-electron chi connectivity index (χ2n) is 4.83. The number of anilines is 1. The van der Waals surface area contributed by atoms with E-state index in [1.54, 1.807) is 0 Å². The summed E-state index contributed by atoms with van der Waals surface area (Å²) >= 11 is 0. The van der Waals surface area contributed by atoms with Crippen molar-refractivity contribution in [1.82, 2.24) is 5.32 Å². The average molecular weight is 285 g/mol. The molecule has 1 atom stereocenters. The molecule has 19 heavy (non-hydrogen) atoms. The van der Waals surface area contributed by atoms with Gasteiger partial charge in [0.2, 0.25) is 5.91 Å². The fourth-order valence-corrected chi connectivity index (χ4v) is 2.22. The van der Waals surface area contributed by atoms with Crippen LogP contribution in [0.25, 0.3) is 0 Å². The van der Waals surface area contributed by atoms with E-state index in [-0.39, 0.29) is 24.4 Å². The van der Waals surface area contributed by atoms with Crippen LogP contribution in [0.2, 0.25) is 0 Å². The highest BCUT2D eigenvalue weighted by molar-refractivity contribution is 5.91. The first-order chi connectivity index (χ1) is 8.63. The SMILES string of the molecule is Cc1cc(C)cc(NC(=O)CC2CNCCO2)c1.Cl. The average Bonchev–Trinajstić information content (AvgIpc) is 2.28. The van der Waals surface area contributed by atoms with Gasteiger partial charge in [0.05, 0.1) is 19.1 Å². The minimum absolute atomic E-state index is 0. The standard InChI is InChI=1S/C14H20N2O2.ClH/c1-10-5-11(2)7-12(6-10)16-14(17)8-13-9-15-3-4-18-13;/h5-7,13,15H,3-4,8-9H2,1-2H3,(H,16,17);1H. The highest BCUT2D eigenvalue weighted by Gasteiger charge is 2.17. The van der Waals surface area contributed by atoms with Crippen molar-refractivity contribution in [2.75, 3.05) is 25.0 Å². The van der Waals surface area contributed by atoms with Crippen molar-refractivity contribution >= 4 is 24.0 Å². The third kappa shape index (κ3) is 5.19. The second kappa shape index (κ2) is 7.48. The second-order valence-corrected chi connectivity index (χ2v) is 4.83. The summed E-state index contributed by atoms with van der Waals surface area (Å²) in [7, 11) is 0. The Kier molecular flexibility index (Phi) is 6.28. The summed E-state index contributed by atoms with van der Waals surface area (Å²) < 4.78 is 5.51. The van der Waals surface area contributed by atoms with Crippen molar-refractivity contribution < 1.29 is 9.53 Å². The van der Waals surface area contributed by atoms with Gasteiger partial charge in [-0.05, 0) is 37.1 Å². The molecule has 1 aromatic rings. The van der Waals surface area contributed by atoms with E-state index >= 15 is 0 Å². The molecule has 0 spiro atoms. The number of ether oxygens (including phenoxy) is 1. The molecule has 1 unspecified atom stereocenters. The van der Waals surface area contributed by atoms with E-state index in [0.717, 1.165) is 29.9 Å². The van der Waals surface area contributed by atoms with Crippen LogP contribution in [0, 0.1) is 13.8 Å². The van der Waals surface area contributed by atoms with Crippen LogP contribution in [0.4, 0.5) is 5.69 Å². The zero-order chi connectivity index (χ0) is 13.0. The molecule has 2 rings (SSSR count). The smallest absolute Gasteiger partial charge is 0.227 e. The molecule has 1 aliphatic heterocycles. The van der Waals surface area contributed by atoms with Crippen LogP contribution in [0.1, 0.15) is 17.5 Å². The molecule has 0 aromatic heterocycles. The minimum atomic E-state index is -0.00958. The lowest BCUT2D eigenvalue weighted by molar-refractivity contribution is -0.119. The molecular weight excluding hydrogens is 264 g/mol. The molecule has 1 fully saturated rings. The van der Waals surface area contributed by atoms with Gasteiger partial charge in [0, 0.05) is 18.8 Å². The number of amides is 1. The Bertz CT molecular complexity index is 411. The maximum atomic E-state index is 11.9. The predicted molar refractivity (Wildman–Crippen MR) is 79.0 cm³/mol. The van der Waals surface area contributed by atoms with Crippen LogP contribution in [-0.2, 0) is 9.53 Å². The Labute approximate surface area is 120 Å². The molecular formula is C14H21ClN2O2. The molecule has 1 amide bonds. The number of aryl methyl sites for hydroxylation is 2. The topological polar surface area (TPSA) is 50.4 Å². The quantitative estimate of drug-likeness (QED) is 0.893. The van der Waals surface area contributed by atoms with Gasteiger partial charge >= 0.3 is 0 Å². The van der Waals surface area contributed by atoms with E-state index in [1.165, 1.54) is 0 Å². The minimum Gasteiger partial charge on any atom is -0.375 e. The summed E-state index contributed by atoms with van der Waals surface area (Å²) in [5.41, 5.74) is 3.17. The Balaban J connectivity index is 0.00000180. The molecule has 106 valence electrons. The lowest BCUT2D eigenvalue weighted by Crippen LogP contribution is -2.40. The third-order valence-corrected chi connectivity index (χ3v) is 2.92. The van der Waals surface area contributed by atoms with Crippen LogP contribution in [0.5, 0.6) is 0 Å². The van der Waals surface area contributed by atoms with Crippen LogP contribution in [0.3, 0.4) is 0 Å². The molecule has 1 aliphatic rings. The van der Waals surface area contributed by atoms with E-state index in [1.807, 2.05) is 26.0 Å². The van der Waals surface area contributed by atoms with Crippen LogP contribution in [-0.4, -0.2) is 31.7 Å². The summed E-state index contributed by atoms with van der Waals surface area (Å²) in [5.74, 6) is 0.00806. The molecule has 5 heteroatoms. The molecule has 2 N–H and O–H groups in total. The highest BCUT2D eigenvalue weighted by atomic mass is 35.5. The zero-order valence-corrected chi connectivity index (χ0v) is 12.2. The van der Waals surface area contributed by atoms with Crippen molar-refractivity contribution in [1.29, 1.82) is 0 Å². The molecule has 1 heterocycles. The van der Waals surface area contributed by atoms with Crippen LogP contribution >= 0.6 is 12.4 Å². The van der Waals surface area contributed by atoms with Crippen LogP contribution < -0.4 is 10.6 Å². The molecule has 0 aliphatic carbocycles. The monoisotopic (exact) mass is 284 g/mol. The predicted octanol–water partition coefficient (Wildman–Crippen LogP) is 2.04. The number of hydrogen-bond donors (Lipinski definition) is 2. The summed E-state index contributed by atoms with van der Waals surface area (Å²) in [6.45, 7) is 6.35. The first kappa shape index (κ1) is 16.0. The number of carbonyl (C=O) groups excluding carboxylic acids is 1. The molecule has 0 saturated carbocycles. The van der Waals surface area contributed by atoms with Gasteiger partial charge in [-0.25, -0.2) is 0 Å².